The smallest absolute Gasteiger partial charge is 0.462 e. The van der Waals surface area contributed by atoms with E-state index in [1.807, 2.05) is 0 Å². The summed E-state index contributed by atoms with van der Waals surface area (Å²) in [5.74, 6) is -0.696. The van der Waals surface area contributed by atoms with Gasteiger partial charge in [0.2, 0.25) is 0 Å². The van der Waals surface area contributed by atoms with E-state index in [2.05, 4.69) is 41.5 Å². The average molecular weight is 1160 g/mol. The van der Waals surface area contributed by atoms with Crippen molar-refractivity contribution in [2.24, 2.45) is 11.8 Å². The zero-order valence-corrected chi connectivity index (χ0v) is 51.7. The van der Waals surface area contributed by atoms with Gasteiger partial charge < -0.3 is 33.8 Å². The van der Waals surface area contributed by atoms with E-state index in [1.165, 1.54) is 89.9 Å². The normalized spacial score (nSPS) is 15.1. The second-order valence-corrected chi connectivity index (χ2v) is 24.8. The molecule has 3 N–H and O–H groups in total. The van der Waals surface area contributed by atoms with Crippen molar-refractivity contribution in [3.63, 3.8) is 0 Å². The topological polar surface area (TPSA) is 237 Å². The maximum absolute atomic E-state index is 12.9. The summed E-state index contributed by atoms with van der Waals surface area (Å²) in [6.45, 7) is 9.33. The highest BCUT2D eigenvalue weighted by molar-refractivity contribution is 7.47. The standard InChI is InChI=1S/C59H114O17P2/c1-7-11-13-15-17-19-20-22-31-37-43-58(63)75-54(47-69-56(61)41-35-29-21-18-16-14-12-8-2)49-73-77(65,66)71-45-53(60)46-72-78(67,68)74-50-55(76-59(64)44-38-32-26-24-28-34-40-52(6)10-4)48-70-57(62)42-36-30-25-23-27-33-39-51(5)9-3/h51-55,60H,7-50H2,1-6H3,(H,65,66)(H,67,68)/t51?,52?,53-,54+,55+/m0/s1. The fraction of sp³-hybridized carbons (Fsp3) is 0.932. The minimum absolute atomic E-state index is 0.102. The van der Waals surface area contributed by atoms with Crippen molar-refractivity contribution in [2.75, 3.05) is 39.6 Å². The van der Waals surface area contributed by atoms with Crippen molar-refractivity contribution >= 4 is 39.5 Å². The predicted molar refractivity (Wildman–Crippen MR) is 308 cm³/mol. The van der Waals surface area contributed by atoms with Gasteiger partial charge >= 0.3 is 39.5 Å². The molecule has 462 valence electrons. The lowest BCUT2D eigenvalue weighted by atomic mass is 10.00. The molecule has 0 bridgehead atoms. The van der Waals surface area contributed by atoms with Crippen LogP contribution in [0.15, 0.2) is 0 Å². The second kappa shape index (κ2) is 51.9. The maximum atomic E-state index is 12.9. The number of aliphatic hydroxyl groups is 1. The van der Waals surface area contributed by atoms with Crippen LogP contribution in [0.5, 0.6) is 0 Å². The Kier molecular flexibility index (Phi) is 50.6. The number of phosphoric acid groups is 2. The molecule has 0 heterocycles. The SMILES string of the molecule is CCCCCCCCCCCCC(=O)O[C@H](COC(=O)CCCCCCCCCC)COP(=O)(O)OC[C@H](O)COP(=O)(O)OC[C@@H](COC(=O)CCCCCCCCC(C)CC)OC(=O)CCCCCCCCC(C)CC. The van der Waals surface area contributed by atoms with E-state index in [9.17, 15) is 43.2 Å². The Morgan fingerprint density at radius 3 is 0.910 bits per heavy atom. The summed E-state index contributed by atoms with van der Waals surface area (Å²) in [5, 5.41) is 10.5. The molecule has 4 unspecified atom stereocenters. The Bertz CT molecular complexity index is 1550. The summed E-state index contributed by atoms with van der Waals surface area (Å²) in [6.07, 6.45) is 32.2. The highest BCUT2D eigenvalue weighted by Gasteiger charge is 2.30. The first-order chi connectivity index (χ1) is 37.4. The minimum atomic E-state index is -4.94. The van der Waals surface area contributed by atoms with E-state index in [0.29, 0.717) is 25.7 Å². The molecule has 0 aromatic carbocycles. The van der Waals surface area contributed by atoms with Crippen LogP contribution < -0.4 is 0 Å². The molecular formula is C59H114O17P2. The van der Waals surface area contributed by atoms with Gasteiger partial charge in [-0.25, -0.2) is 9.13 Å². The Labute approximate surface area is 473 Å². The monoisotopic (exact) mass is 1160 g/mol. The Morgan fingerprint density at radius 2 is 0.615 bits per heavy atom. The summed E-state index contributed by atoms with van der Waals surface area (Å²) < 4.78 is 67.7. The van der Waals surface area contributed by atoms with Gasteiger partial charge in [-0.3, -0.25) is 37.3 Å². The molecule has 17 nitrogen and oxygen atoms in total. The molecule has 0 saturated heterocycles. The molecule has 0 aromatic rings. The molecule has 0 radical (unpaired) electrons. The van der Waals surface area contributed by atoms with Crippen LogP contribution in [-0.2, 0) is 65.4 Å². The summed E-state index contributed by atoms with van der Waals surface area (Å²) in [7, 11) is -9.87. The van der Waals surface area contributed by atoms with Crippen molar-refractivity contribution in [3.05, 3.63) is 0 Å². The van der Waals surface area contributed by atoms with Crippen LogP contribution in [0, 0.1) is 11.8 Å². The molecule has 0 spiro atoms. The van der Waals surface area contributed by atoms with Crippen LogP contribution in [-0.4, -0.2) is 96.7 Å². The lowest BCUT2D eigenvalue weighted by Crippen LogP contribution is -2.30. The van der Waals surface area contributed by atoms with Crippen LogP contribution >= 0.6 is 15.6 Å². The number of carbonyl (C=O) groups excluding carboxylic acids is 4. The third kappa shape index (κ3) is 51.0. The first kappa shape index (κ1) is 76.1. The molecule has 0 aliphatic rings. The second-order valence-electron chi connectivity index (χ2n) is 21.9. The number of unbranched alkanes of at least 4 members (excludes halogenated alkanes) is 26. The molecule has 19 heteroatoms. The van der Waals surface area contributed by atoms with Gasteiger partial charge in [-0.05, 0) is 37.5 Å². The van der Waals surface area contributed by atoms with Crippen LogP contribution in [0.4, 0.5) is 0 Å². The first-order valence-electron chi connectivity index (χ1n) is 31.1. The molecule has 0 rings (SSSR count). The number of esters is 4. The maximum Gasteiger partial charge on any atom is 0.472 e. The van der Waals surface area contributed by atoms with Gasteiger partial charge in [0.05, 0.1) is 26.4 Å². The van der Waals surface area contributed by atoms with Crippen molar-refractivity contribution in [1.82, 2.24) is 0 Å². The van der Waals surface area contributed by atoms with E-state index in [-0.39, 0.29) is 25.7 Å². The molecule has 0 aromatic heterocycles. The van der Waals surface area contributed by atoms with E-state index >= 15 is 0 Å². The number of aliphatic hydroxyl groups excluding tert-OH is 1. The fourth-order valence-corrected chi connectivity index (χ4v) is 10.2. The van der Waals surface area contributed by atoms with Gasteiger partial charge in [-0.2, -0.15) is 0 Å². The predicted octanol–water partition coefficient (Wildman–Crippen LogP) is 15.7. The molecule has 0 saturated carbocycles. The van der Waals surface area contributed by atoms with Crippen LogP contribution in [0.1, 0.15) is 286 Å². The largest absolute Gasteiger partial charge is 0.472 e. The fourth-order valence-electron chi connectivity index (χ4n) is 8.58. The Balaban J connectivity index is 5.24. The van der Waals surface area contributed by atoms with E-state index in [0.717, 1.165) is 115 Å². The van der Waals surface area contributed by atoms with Gasteiger partial charge in [0.15, 0.2) is 12.2 Å². The number of hydrogen-bond acceptors (Lipinski definition) is 15. The lowest BCUT2D eigenvalue weighted by Gasteiger charge is -2.21. The molecule has 0 aliphatic carbocycles. The van der Waals surface area contributed by atoms with E-state index in [4.69, 9.17) is 37.0 Å². The van der Waals surface area contributed by atoms with Crippen LogP contribution in [0.3, 0.4) is 0 Å². The minimum Gasteiger partial charge on any atom is -0.462 e. The van der Waals surface area contributed by atoms with Crippen molar-refractivity contribution in [2.45, 2.75) is 304 Å². The lowest BCUT2D eigenvalue weighted by molar-refractivity contribution is -0.161. The number of carbonyl (C=O) groups is 4. The van der Waals surface area contributed by atoms with Crippen molar-refractivity contribution in [3.8, 4) is 0 Å². The van der Waals surface area contributed by atoms with Gasteiger partial charge in [0.25, 0.3) is 0 Å². The summed E-state index contributed by atoms with van der Waals surface area (Å²) in [4.78, 5) is 71.9. The van der Waals surface area contributed by atoms with Crippen molar-refractivity contribution < 1.29 is 80.2 Å². The summed E-state index contributed by atoms with van der Waals surface area (Å²) in [5.41, 5.74) is 0. The van der Waals surface area contributed by atoms with Crippen LogP contribution in [0.2, 0.25) is 0 Å². The highest BCUT2D eigenvalue weighted by Crippen LogP contribution is 2.45. The van der Waals surface area contributed by atoms with Gasteiger partial charge in [0, 0.05) is 25.7 Å². The summed E-state index contributed by atoms with van der Waals surface area (Å²) >= 11 is 0. The number of hydrogen-bond donors (Lipinski definition) is 3. The molecule has 0 aliphatic heterocycles. The summed E-state index contributed by atoms with van der Waals surface area (Å²) in [6, 6.07) is 0. The third-order valence-corrected chi connectivity index (χ3v) is 16.1. The van der Waals surface area contributed by atoms with E-state index in [1.54, 1.807) is 0 Å². The van der Waals surface area contributed by atoms with E-state index < -0.39 is 97.5 Å². The zero-order chi connectivity index (χ0) is 58.0. The molecule has 7 atom stereocenters. The average Bonchev–Trinajstić information content (AvgIpc) is 3.41. The van der Waals surface area contributed by atoms with Gasteiger partial charge in [-0.1, -0.05) is 234 Å². The Morgan fingerprint density at radius 1 is 0.359 bits per heavy atom. The van der Waals surface area contributed by atoms with Gasteiger partial charge in [0.1, 0.15) is 19.3 Å². The number of rotatable bonds is 58. The Hall–Kier alpha value is -1.94. The first-order valence-corrected chi connectivity index (χ1v) is 34.1. The quantitative estimate of drug-likeness (QED) is 0.0222. The molecule has 0 amide bonds. The zero-order valence-electron chi connectivity index (χ0n) is 50.0. The third-order valence-electron chi connectivity index (χ3n) is 14.2. The highest BCUT2D eigenvalue weighted by atomic mass is 31.2. The van der Waals surface area contributed by atoms with Crippen molar-refractivity contribution in [1.29, 1.82) is 0 Å². The molecular weight excluding hydrogens is 1040 g/mol. The number of ether oxygens (including phenoxy) is 4. The number of phosphoric ester groups is 2. The van der Waals surface area contributed by atoms with Crippen LogP contribution in [0.25, 0.3) is 0 Å². The molecule has 78 heavy (non-hydrogen) atoms. The van der Waals surface area contributed by atoms with Gasteiger partial charge in [-0.15, -0.1) is 0 Å². The molecule has 0 fully saturated rings.